The molecule has 0 aliphatic rings. The number of halogens is 1. The molecule has 0 spiro atoms. The van der Waals surface area contributed by atoms with Crippen LogP contribution in [0.3, 0.4) is 0 Å². The lowest BCUT2D eigenvalue weighted by Crippen LogP contribution is -2.19. The minimum absolute atomic E-state index is 0.208. The van der Waals surface area contributed by atoms with E-state index >= 15 is 0 Å². The van der Waals surface area contributed by atoms with Crippen LogP contribution in [0.2, 0.25) is 0 Å². The normalized spacial score (nSPS) is 10.3. The maximum Gasteiger partial charge on any atom is 0.0555 e. The Morgan fingerprint density at radius 1 is 1.26 bits per heavy atom. The molecular weight excluding hydrogens is 304 g/mol. The number of hydrogen-bond acceptors (Lipinski definition) is 2. The predicted octanol–water partition coefficient (Wildman–Crippen LogP) is 3.47. The Labute approximate surface area is 123 Å². The van der Waals surface area contributed by atoms with Crippen molar-refractivity contribution in [1.29, 1.82) is 0 Å². The maximum absolute atomic E-state index is 8.65. The van der Waals surface area contributed by atoms with Gasteiger partial charge >= 0.3 is 0 Å². The van der Waals surface area contributed by atoms with Crippen molar-refractivity contribution in [1.82, 2.24) is 10.3 Å². The standard InChI is InChI=1S/C13H17BrN2O.C2H6/c14-11-3-4-13-12(8-11)10(9-16-13)2-1-5-15-6-7-17;1-2/h3-4,8-9,15-17H,1-2,5-7H2;1-2H3. The molecule has 2 rings (SSSR count). The van der Waals surface area contributed by atoms with Gasteiger partial charge in [0.15, 0.2) is 0 Å². The van der Waals surface area contributed by atoms with Crippen LogP contribution in [0.15, 0.2) is 28.9 Å². The molecule has 2 aromatic rings. The van der Waals surface area contributed by atoms with Gasteiger partial charge in [0, 0.05) is 28.1 Å². The molecule has 0 atom stereocenters. The molecule has 106 valence electrons. The Balaban J connectivity index is 0.000000861. The lowest BCUT2D eigenvalue weighted by Gasteiger charge is -2.02. The van der Waals surface area contributed by atoms with E-state index in [2.05, 4.69) is 44.6 Å². The molecule has 0 saturated heterocycles. The van der Waals surface area contributed by atoms with Crippen LogP contribution in [0.1, 0.15) is 25.8 Å². The van der Waals surface area contributed by atoms with Crippen molar-refractivity contribution < 1.29 is 5.11 Å². The molecule has 0 fully saturated rings. The van der Waals surface area contributed by atoms with E-state index in [1.165, 1.54) is 16.5 Å². The van der Waals surface area contributed by atoms with E-state index in [-0.39, 0.29) is 6.61 Å². The van der Waals surface area contributed by atoms with Gasteiger partial charge in [-0.25, -0.2) is 0 Å². The number of H-pyrrole nitrogens is 1. The first-order valence-electron chi connectivity index (χ1n) is 6.88. The second-order valence-electron chi connectivity index (χ2n) is 4.08. The molecule has 19 heavy (non-hydrogen) atoms. The summed E-state index contributed by atoms with van der Waals surface area (Å²) in [5, 5.41) is 13.1. The molecule has 0 bridgehead atoms. The van der Waals surface area contributed by atoms with Gasteiger partial charge in [-0.1, -0.05) is 29.8 Å². The second-order valence-corrected chi connectivity index (χ2v) is 5.00. The van der Waals surface area contributed by atoms with Crippen molar-refractivity contribution in [2.45, 2.75) is 26.7 Å². The van der Waals surface area contributed by atoms with Gasteiger partial charge in [0.2, 0.25) is 0 Å². The van der Waals surface area contributed by atoms with Gasteiger partial charge in [-0.3, -0.25) is 0 Å². The molecule has 4 heteroatoms. The molecule has 3 N–H and O–H groups in total. The van der Waals surface area contributed by atoms with Crippen LogP contribution >= 0.6 is 15.9 Å². The molecule has 0 saturated carbocycles. The molecule has 3 nitrogen and oxygen atoms in total. The van der Waals surface area contributed by atoms with E-state index in [9.17, 15) is 0 Å². The second kappa shape index (κ2) is 9.13. The highest BCUT2D eigenvalue weighted by molar-refractivity contribution is 9.10. The van der Waals surface area contributed by atoms with E-state index in [0.717, 1.165) is 23.9 Å². The Morgan fingerprint density at radius 3 is 2.79 bits per heavy atom. The smallest absolute Gasteiger partial charge is 0.0555 e. The van der Waals surface area contributed by atoms with Crippen molar-refractivity contribution >= 4 is 26.8 Å². The Morgan fingerprint density at radius 2 is 2.05 bits per heavy atom. The van der Waals surface area contributed by atoms with Crippen LogP contribution in [0.25, 0.3) is 10.9 Å². The van der Waals surface area contributed by atoms with Crippen molar-refractivity contribution in [3.8, 4) is 0 Å². The third kappa shape index (κ3) is 4.97. The molecule has 1 aromatic carbocycles. The number of nitrogens with one attached hydrogen (secondary N) is 2. The minimum Gasteiger partial charge on any atom is -0.395 e. The van der Waals surface area contributed by atoms with E-state index in [4.69, 9.17) is 5.11 Å². The summed E-state index contributed by atoms with van der Waals surface area (Å²) in [6, 6.07) is 6.29. The zero-order valence-electron chi connectivity index (χ0n) is 11.7. The molecule has 0 aliphatic carbocycles. The molecule has 1 heterocycles. The molecule has 1 aromatic heterocycles. The van der Waals surface area contributed by atoms with Crippen molar-refractivity contribution in [3.63, 3.8) is 0 Å². The Bertz CT molecular complexity index is 482. The molecule has 0 amide bonds. The van der Waals surface area contributed by atoms with Crippen LogP contribution in [0.5, 0.6) is 0 Å². The topological polar surface area (TPSA) is 48.0 Å². The number of aryl methyl sites for hydroxylation is 1. The SMILES string of the molecule is CC.OCCNCCCc1c[nH]c2ccc(Br)cc12. The van der Waals surface area contributed by atoms with E-state index < -0.39 is 0 Å². The summed E-state index contributed by atoms with van der Waals surface area (Å²) in [5.74, 6) is 0. The van der Waals surface area contributed by atoms with Crippen LogP contribution in [-0.2, 0) is 6.42 Å². The fraction of sp³-hybridized carbons (Fsp3) is 0.467. The Hall–Kier alpha value is -0.840. The van der Waals surface area contributed by atoms with Crippen LogP contribution < -0.4 is 5.32 Å². The fourth-order valence-corrected chi connectivity index (χ4v) is 2.33. The van der Waals surface area contributed by atoms with Crippen molar-refractivity contribution in [2.24, 2.45) is 0 Å². The highest BCUT2D eigenvalue weighted by Crippen LogP contribution is 2.23. The summed E-state index contributed by atoms with van der Waals surface area (Å²) in [5.41, 5.74) is 2.54. The number of aliphatic hydroxyl groups is 1. The molecular formula is C15H23BrN2O. The van der Waals surface area contributed by atoms with Crippen LogP contribution in [-0.4, -0.2) is 29.8 Å². The van der Waals surface area contributed by atoms with Crippen molar-refractivity contribution in [3.05, 3.63) is 34.4 Å². The van der Waals surface area contributed by atoms with Gasteiger partial charge in [0.1, 0.15) is 0 Å². The minimum atomic E-state index is 0.208. The lowest BCUT2D eigenvalue weighted by molar-refractivity contribution is 0.292. The number of fused-ring (bicyclic) bond motifs is 1. The van der Waals surface area contributed by atoms with Gasteiger partial charge in [0.05, 0.1) is 6.61 Å². The summed E-state index contributed by atoms with van der Waals surface area (Å²) in [6.07, 6.45) is 4.22. The summed E-state index contributed by atoms with van der Waals surface area (Å²) in [4.78, 5) is 3.29. The quantitative estimate of drug-likeness (QED) is 0.712. The largest absolute Gasteiger partial charge is 0.395 e. The number of hydrogen-bond donors (Lipinski definition) is 3. The number of benzene rings is 1. The third-order valence-corrected chi connectivity index (χ3v) is 3.31. The summed E-state index contributed by atoms with van der Waals surface area (Å²) >= 11 is 3.50. The number of rotatable bonds is 6. The third-order valence-electron chi connectivity index (χ3n) is 2.82. The zero-order chi connectivity index (χ0) is 14.1. The summed E-state index contributed by atoms with van der Waals surface area (Å²) in [6.45, 7) is 5.83. The summed E-state index contributed by atoms with van der Waals surface area (Å²) in [7, 11) is 0. The molecule has 0 radical (unpaired) electrons. The van der Waals surface area contributed by atoms with E-state index in [1.807, 2.05) is 19.9 Å². The van der Waals surface area contributed by atoms with Crippen LogP contribution in [0.4, 0.5) is 0 Å². The lowest BCUT2D eigenvalue weighted by atomic mass is 10.1. The average Bonchev–Trinajstić information content (AvgIpc) is 2.83. The monoisotopic (exact) mass is 326 g/mol. The average molecular weight is 327 g/mol. The van der Waals surface area contributed by atoms with Gasteiger partial charge in [-0.15, -0.1) is 0 Å². The van der Waals surface area contributed by atoms with Crippen LogP contribution in [0, 0.1) is 0 Å². The Kier molecular flexibility index (Phi) is 7.79. The summed E-state index contributed by atoms with van der Waals surface area (Å²) < 4.78 is 1.12. The first-order chi connectivity index (χ1) is 9.31. The molecule has 0 unspecified atom stereocenters. The highest BCUT2D eigenvalue weighted by Gasteiger charge is 2.03. The highest BCUT2D eigenvalue weighted by atomic mass is 79.9. The fourth-order valence-electron chi connectivity index (χ4n) is 1.97. The first kappa shape index (κ1) is 16.2. The van der Waals surface area contributed by atoms with Gasteiger partial charge in [0.25, 0.3) is 0 Å². The van der Waals surface area contributed by atoms with E-state index in [0.29, 0.717) is 6.54 Å². The molecule has 0 aliphatic heterocycles. The van der Waals surface area contributed by atoms with E-state index in [1.54, 1.807) is 0 Å². The van der Waals surface area contributed by atoms with Crippen molar-refractivity contribution in [2.75, 3.05) is 19.7 Å². The van der Waals surface area contributed by atoms with Gasteiger partial charge in [-0.2, -0.15) is 0 Å². The number of aromatic amines is 1. The first-order valence-corrected chi connectivity index (χ1v) is 7.67. The van der Waals surface area contributed by atoms with Gasteiger partial charge < -0.3 is 15.4 Å². The maximum atomic E-state index is 8.65. The predicted molar refractivity (Wildman–Crippen MR) is 85.6 cm³/mol. The van der Waals surface area contributed by atoms with Gasteiger partial charge in [-0.05, 0) is 43.1 Å². The number of aromatic nitrogens is 1. The zero-order valence-corrected chi connectivity index (χ0v) is 13.3. The number of aliphatic hydroxyl groups excluding tert-OH is 1.